The standard InChI is InChI=1S/C21H20N4O3S/c1-13-3-8-16(9-4-13)20-24-25-21(29-20)23-19(28)14(2)22-18(27)12-7-15-5-10-17(26)11-6-15/h3-12,14,26H,1-2H3,(H,22,27)(H,23,25,28)/b12-7+/t14-/m1/s1. The van der Waals surface area contributed by atoms with Crippen molar-refractivity contribution in [1.29, 1.82) is 0 Å². The van der Waals surface area contributed by atoms with Gasteiger partial charge in [-0.1, -0.05) is 53.3 Å². The second-order valence-electron chi connectivity index (χ2n) is 6.42. The first kappa shape index (κ1) is 20.2. The number of carbonyl (C=O) groups excluding carboxylic acids is 2. The fourth-order valence-electron chi connectivity index (χ4n) is 2.38. The molecule has 1 atom stereocenters. The lowest BCUT2D eigenvalue weighted by molar-refractivity contribution is -0.123. The van der Waals surface area contributed by atoms with Crippen LogP contribution in [0.15, 0.2) is 54.6 Å². The molecule has 8 heteroatoms. The molecule has 3 rings (SSSR count). The van der Waals surface area contributed by atoms with Crippen LogP contribution < -0.4 is 10.6 Å². The molecule has 0 saturated carbocycles. The number of rotatable bonds is 6. The third kappa shape index (κ3) is 5.73. The smallest absolute Gasteiger partial charge is 0.248 e. The first-order valence-electron chi connectivity index (χ1n) is 8.90. The van der Waals surface area contributed by atoms with Gasteiger partial charge in [0.25, 0.3) is 0 Å². The molecule has 1 aromatic heterocycles. The van der Waals surface area contributed by atoms with E-state index in [4.69, 9.17) is 0 Å². The minimum absolute atomic E-state index is 0.152. The van der Waals surface area contributed by atoms with Crippen molar-refractivity contribution in [1.82, 2.24) is 15.5 Å². The van der Waals surface area contributed by atoms with Crippen molar-refractivity contribution >= 4 is 34.4 Å². The fraction of sp³-hybridized carbons (Fsp3) is 0.143. The van der Waals surface area contributed by atoms with Gasteiger partial charge in [0.15, 0.2) is 0 Å². The third-order valence-corrected chi connectivity index (χ3v) is 4.91. The number of hydrogen-bond acceptors (Lipinski definition) is 6. The number of nitrogens with one attached hydrogen (secondary N) is 2. The summed E-state index contributed by atoms with van der Waals surface area (Å²) in [6.45, 7) is 3.59. The molecule has 2 amide bonds. The van der Waals surface area contributed by atoms with Crippen LogP contribution in [-0.2, 0) is 9.59 Å². The van der Waals surface area contributed by atoms with Crippen LogP contribution >= 0.6 is 11.3 Å². The summed E-state index contributed by atoms with van der Waals surface area (Å²) >= 11 is 1.26. The van der Waals surface area contributed by atoms with Crippen molar-refractivity contribution in [2.45, 2.75) is 19.9 Å². The molecule has 0 radical (unpaired) electrons. The number of hydrogen-bond donors (Lipinski definition) is 3. The average Bonchev–Trinajstić information content (AvgIpc) is 3.16. The van der Waals surface area contributed by atoms with E-state index in [0.717, 1.165) is 16.7 Å². The van der Waals surface area contributed by atoms with Gasteiger partial charge in [0.1, 0.15) is 16.8 Å². The van der Waals surface area contributed by atoms with Gasteiger partial charge in [0, 0.05) is 11.6 Å². The van der Waals surface area contributed by atoms with Crippen LogP contribution in [0.1, 0.15) is 18.1 Å². The molecule has 0 aliphatic heterocycles. The van der Waals surface area contributed by atoms with E-state index in [1.807, 2.05) is 31.2 Å². The number of anilines is 1. The van der Waals surface area contributed by atoms with E-state index in [1.165, 1.54) is 29.5 Å². The van der Waals surface area contributed by atoms with E-state index in [0.29, 0.717) is 10.1 Å². The highest BCUT2D eigenvalue weighted by molar-refractivity contribution is 7.18. The Labute approximate surface area is 172 Å². The van der Waals surface area contributed by atoms with Gasteiger partial charge in [-0.2, -0.15) is 0 Å². The summed E-state index contributed by atoms with van der Waals surface area (Å²) in [5.41, 5.74) is 2.83. The van der Waals surface area contributed by atoms with Gasteiger partial charge in [-0.05, 0) is 37.6 Å². The van der Waals surface area contributed by atoms with E-state index < -0.39 is 11.9 Å². The molecule has 2 aromatic carbocycles. The lowest BCUT2D eigenvalue weighted by Crippen LogP contribution is -2.40. The number of amides is 2. The summed E-state index contributed by atoms with van der Waals surface area (Å²) in [5, 5.41) is 23.7. The molecule has 148 valence electrons. The summed E-state index contributed by atoms with van der Waals surface area (Å²) < 4.78 is 0. The Hall–Kier alpha value is -3.52. The van der Waals surface area contributed by atoms with Crippen molar-refractivity contribution in [3.8, 4) is 16.3 Å². The first-order chi connectivity index (χ1) is 13.9. The Morgan fingerprint density at radius 1 is 1.07 bits per heavy atom. The van der Waals surface area contributed by atoms with E-state index in [-0.39, 0.29) is 11.7 Å². The summed E-state index contributed by atoms with van der Waals surface area (Å²) in [4.78, 5) is 24.3. The maximum atomic E-state index is 12.3. The van der Waals surface area contributed by atoms with E-state index in [9.17, 15) is 14.7 Å². The van der Waals surface area contributed by atoms with Gasteiger partial charge in [-0.25, -0.2) is 0 Å². The van der Waals surface area contributed by atoms with Gasteiger partial charge >= 0.3 is 0 Å². The van der Waals surface area contributed by atoms with Gasteiger partial charge in [0.2, 0.25) is 16.9 Å². The topological polar surface area (TPSA) is 104 Å². The second kappa shape index (κ2) is 9.11. The number of carbonyl (C=O) groups is 2. The maximum absolute atomic E-state index is 12.3. The maximum Gasteiger partial charge on any atom is 0.248 e. The van der Waals surface area contributed by atoms with Crippen LogP contribution in [0.2, 0.25) is 0 Å². The molecule has 0 fully saturated rings. The Kier molecular flexibility index (Phi) is 6.36. The highest BCUT2D eigenvalue weighted by atomic mass is 32.1. The van der Waals surface area contributed by atoms with Gasteiger partial charge < -0.3 is 10.4 Å². The molecule has 29 heavy (non-hydrogen) atoms. The summed E-state index contributed by atoms with van der Waals surface area (Å²) in [7, 11) is 0. The van der Waals surface area contributed by atoms with Crippen LogP contribution in [0.4, 0.5) is 5.13 Å². The predicted molar refractivity (Wildman–Crippen MR) is 113 cm³/mol. The zero-order chi connectivity index (χ0) is 20.8. The number of phenolic OH excluding ortho intramolecular Hbond substituents is 1. The number of aromatic hydroxyl groups is 1. The molecule has 0 unspecified atom stereocenters. The van der Waals surface area contributed by atoms with E-state index >= 15 is 0 Å². The Bertz CT molecular complexity index is 1030. The van der Waals surface area contributed by atoms with Crippen molar-refractivity contribution in [2.24, 2.45) is 0 Å². The molecule has 3 N–H and O–H groups in total. The molecule has 0 saturated heterocycles. The minimum Gasteiger partial charge on any atom is -0.508 e. The SMILES string of the molecule is Cc1ccc(-c2nnc(NC(=O)[C@@H](C)NC(=O)/C=C/c3ccc(O)cc3)s2)cc1. The molecule has 0 aliphatic carbocycles. The van der Waals surface area contributed by atoms with Crippen molar-refractivity contribution < 1.29 is 14.7 Å². The molecule has 7 nitrogen and oxygen atoms in total. The highest BCUT2D eigenvalue weighted by Gasteiger charge is 2.17. The number of nitrogens with zero attached hydrogens (tertiary/aromatic N) is 2. The van der Waals surface area contributed by atoms with Gasteiger partial charge in [0.05, 0.1) is 0 Å². The van der Waals surface area contributed by atoms with Gasteiger partial charge in [-0.15, -0.1) is 10.2 Å². The van der Waals surface area contributed by atoms with Crippen LogP contribution in [0.25, 0.3) is 16.6 Å². The van der Waals surface area contributed by atoms with Crippen LogP contribution in [0, 0.1) is 6.92 Å². The lowest BCUT2D eigenvalue weighted by Gasteiger charge is -2.11. The quantitative estimate of drug-likeness (QED) is 0.543. The Balaban J connectivity index is 1.54. The lowest BCUT2D eigenvalue weighted by atomic mass is 10.2. The molecule has 0 bridgehead atoms. The van der Waals surface area contributed by atoms with Crippen molar-refractivity contribution in [3.63, 3.8) is 0 Å². The van der Waals surface area contributed by atoms with E-state index in [2.05, 4.69) is 20.8 Å². The zero-order valence-corrected chi connectivity index (χ0v) is 16.7. The van der Waals surface area contributed by atoms with E-state index in [1.54, 1.807) is 25.1 Å². The zero-order valence-electron chi connectivity index (χ0n) is 15.9. The molecule has 3 aromatic rings. The monoisotopic (exact) mass is 408 g/mol. The normalized spacial score (nSPS) is 11.9. The molecule has 0 aliphatic rings. The minimum atomic E-state index is -0.751. The molecular formula is C21H20N4O3S. The molecular weight excluding hydrogens is 388 g/mol. The average molecular weight is 408 g/mol. The van der Waals surface area contributed by atoms with Crippen LogP contribution in [0.3, 0.4) is 0 Å². The largest absolute Gasteiger partial charge is 0.508 e. The molecule has 1 heterocycles. The summed E-state index contributed by atoms with van der Waals surface area (Å²) in [6.07, 6.45) is 2.93. The first-order valence-corrected chi connectivity index (χ1v) is 9.71. The van der Waals surface area contributed by atoms with Crippen LogP contribution in [-0.4, -0.2) is 33.2 Å². The number of aromatic nitrogens is 2. The second-order valence-corrected chi connectivity index (χ2v) is 7.40. The highest BCUT2D eigenvalue weighted by Crippen LogP contribution is 2.26. The predicted octanol–water partition coefficient (Wildman–Crippen LogP) is 3.38. The Morgan fingerprint density at radius 3 is 2.45 bits per heavy atom. The number of benzene rings is 2. The fourth-order valence-corrected chi connectivity index (χ4v) is 3.14. The Morgan fingerprint density at radius 2 is 1.76 bits per heavy atom. The summed E-state index contributed by atoms with van der Waals surface area (Å²) in [5.74, 6) is -0.638. The summed E-state index contributed by atoms with van der Waals surface area (Å²) in [6, 6.07) is 13.5. The van der Waals surface area contributed by atoms with Gasteiger partial charge in [-0.3, -0.25) is 14.9 Å². The third-order valence-electron chi connectivity index (χ3n) is 4.03. The number of phenols is 1. The van der Waals surface area contributed by atoms with Crippen molar-refractivity contribution in [2.75, 3.05) is 5.32 Å². The molecule has 0 spiro atoms. The van der Waals surface area contributed by atoms with Crippen LogP contribution in [0.5, 0.6) is 5.75 Å². The van der Waals surface area contributed by atoms with Crippen molar-refractivity contribution in [3.05, 3.63) is 65.7 Å². The number of aryl methyl sites for hydroxylation is 1.